The number of hydrogen-bond donors (Lipinski definition) is 1. The minimum absolute atomic E-state index is 0.0130. The SMILES string of the molecule is C=CC(=O)N1CCC(C(=O)N[C@@H]2CC3(CCCC3)Oc3ccc(F)cc32)CC1. The fourth-order valence-electron chi connectivity index (χ4n) is 4.88. The average Bonchev–Trinajstić information content (AvgIpc) is 3.15. The predicted molar refractivity (Wildman–Crippen MR) is 103 cm³/mol. The lowest BCUT2D eigenvalue weighted by Gasteiger charge is -2.41. The summed E-state index contributed by atoms with van der Waals surface area (Å²) in [5, 5.41) is 3.17. The molecule has 0 aromatic heterocycles. The Kier molecular flexibility index (Phi) is 5.13. The highest BCUT2D eigenvalue weighted by Crippen LogP contribution is 2.47. The van der Waals surface area contributed by atoms with Gasteiger partial charge in [0.05, 0.1) is 6.04 Å². The van der Waals surface area contributed by atoms with Crippen molar-refractivity contribution in [2.45, 2.75) is 56.6 Å². The van der Waals surface area contributed by atoms with E-state index in [1.807, 2.05) is 0 Å². The highest BCUT2D eigenvalue weighted by atomic mass is 19.1. The molecule has 1 aromatic carbocycles. The number of carbonyl (C=O) groups is 2. The molecule has 2 heterocycles. The number of ether oxygens (including phenoxy) is 1. The number of halogens is 1. The molecule has 0 radical (unpaired) electrons. The molecule has 3 aliphatic rings. The van der Waals surface area contributed by atoms with Crippen LogP contribution < -0.4 is 10.1 Å². The van der Waals surface area contributed by atoms with Gasteiger partial charge in [-0.25, -0.2) is 4.39 Å². The number of nitrogens with zero attached hydrogens (tertiary/aromatic N) is 1. The van der Waals surface area contributed by atoms with Crippen LogP contribution in [0.2, 0.25) is 0 Å². The highest BCUT2D eigenvalue weighted by molar-refractivity contribution is 5.87. The highest BCUT2D eigenvalue weighted by Gasteiger charge is 2.44. The lowest BCUT2D eigenvalue weighted by molar-refractivity contribution is -0.132. The van der Waals surface area contributed by atoms with Crippen LogP contribution in [0.3, 0.4) is 0 Å². The Balaban J connectivity index is 1.47. The Morgan fingerprint density at radius 1 is 1.25 bits per heavy atom. The molecule has 1 aromatic rings. The zero-order chi connectivity index (χ0) is 19.7. The van der Waals surface area contributed by atoms with Crippen LogP contribution in [0.5, 0.6) is 5.75 Å². The van der Waals surface area contributed by atoms with Gasteiger partial charge in [-0.15, -0.1) is 0 Å². The Morgan fingerprint density at radius 3 is 2.64 bits per heavy atom. The first-order chi connectivity index (χ1) is 13.5. The molecule has 1 spiro atoms. The zero-order valence-electron chi connectivity index (χ0n) is 16.1. The molecule has 4 rings (SSSR count). The zero-order valence-corrected chi connectivity index (χ0v) is 16.1. The smallest absolute Gasteiger partial charge is 0.245 e. The minimum atomic E-state index is -0.319. The number of rotatable bonds is 3. The number of likely N-dealkylation sites (tertiary alicyclic amines) is 1. The third-order valence-corrected chi connectivity index (χ3v) is 6.43. The first-order valence-corrected chi connectivity index (χ1v) is 10.2. The normalized spacial score (nSPS) is 23.8. The number of amides is 2. The molecule has 2 aliphatic heterocycles. The molecule has 6 heteroatoms. The van der Waals surface area contributed by atoms with E-state index in [0.29, 0.717) is 38.1 Å². The van der Waals surface area contributed by atoms with E-state index in [0.717, 1.165) is 31.2 Å². The number of hydrogen-bond acceptors (Lipinski definition) is 3. The van der Waals surface area contributed by atoms with Crippen molar-refractivity contribution in [2.24, 2.45) is 5.92 Å². The molecule has 2 fully saturated rings. The van der Waals surface area contributed by atoms with Crippen molar-refractivity contribution in [3.8, 4) is 5.75 Å². The third-order valence-electron chi connectivity index (χ3n) is 6.43. The topological polar surface area (TPSA) is 58.6 Å². The first-order valence-electron chi connectivity index (χ1n) is 10.2. The molecule has 5 nitrogen and oxygen atoms in total. The molecule has 150 valence electrons. The van der Waals surface area contributed by atoms with Crippen LogP contribution in [-0.2, 0) is 9.59 Å². The van der Waals surface area contributed by atoms with Crippen LogP contribution in [-0.4, -0.2) is 35.4 Å². The van der Waals surface area contributed by atoms with Gasteiger partial charge in [0, 0.05) is 31.0 Å². The average molecular weight is 386 g/mol. The number of nitrogens with one attached hydrogen (secondary N) is 1. The van der Waals surface area contributed by atoms with Gasteiger partial charge in [-0.1, -0.05) is 6.58 Å². The summed E-state index contributed by atoms with van der Waals surface area (Å²) in [6.07, 6.45) is 7.44. The van der Waals surface area contributed by atoms with Crippen LogP contribution in [0.15, 0.2) is 30.9 Å². The summed E-state index contributed by atoms with van der Waals surface area (Å²) in [6.45, 7) is 4.64. The summed E-state index contributed by atoms with van der Waals surface area (Å²) in [5.74, 6) is 0.136. The molecule has 1 atom stereocenters. The van der Waals surface area contributed by atoms with Gasteiger partial charge in [0.1, 0.15) is 17.2 Å². The van der Waals surface area contributed by atoms with Gasteiger partial charge < -0.3 is 15.0 Å². The van der Waals surface area contributed by atoms with Gasteiger partial charge in [-0.2, -0.15) is 0 Å². The van der Waals surface area contributed by atoms with E-state index in [9.17, 15) is 14.0 Å². The third kappa shape index (κ3) is 3.64. The number of piperidine rings is 1. The van der Waals surface area contributed by atoms with Crippen molar-refractivity contribution in [1.29, 1.82) is 0 Å². The summed E-state index contributed by atoms with van der Waals surface area (Å²) < 4.78 is 20.1. The van der Waals surface area contributed by atoms with Crippen molar-refractivity contribution in [1.82, 2.24) is 10.2 Å². The molecule has 1 saturated carbocycles. The molecular weight excluding hydrogens is 359 g/mol. The van der Waals surface area contributed by atoms with E-state index >= 15 is 0 Å². The lowest BCUT2D eigenvalue weighted by atomic mass is 9.85. The van der Waals surface area contributed by atoms with E-state index in [-0.39, 0.29) is 35.2 Å². The summed E-state index contributed by atoms with van der Waals surface area (Å²) in [7, 11) is 0. The Labute approximate surface area is 164 Å². The second-order valence-electron chi connectivity index (χ2n) is 8.24. The maximum Gasteiger partial charge on any atom is 0.245 e. The molecule has 0 unspecified atom stereocenters. The van der Waals surface area contributed by atoms with Crippen LogP contribution in [0.1, 0.15) is 56.6 Å². The van der Waals surface area contributed by atoms with E-state index in [4.69, 9.17) is 4.74 Å². The molecule has 1 aliphatic carbocycles. The second-order valence-corrected chi connectivity index (χ2v) is 8.24. The Hall–Kier alpha value is -2.37. The van der Waals surface area contributed by atoms with Crippen molar-refractivity contribution >= 4 is 11.8 Å². The summed E-state index contributed by atoms with van der Waals surface area (Å²) in [5.41, 5.74) is 0.479. The van der Waals surface area contributed by atoms with E-state index < -0.39 is 0 Å². The van der Waals surface area contributed by atoms with Gasteiger partial charge in [0.25, 0.3) is 0 Å². The van der Waals surface area contributed by atoms with Crippen molar-refractivity contribution in [3.63, 3.8) is 0 Å². The maximum atomic E-state index is 13.9. The Bertz CT molecular complexity index is 780. The van der Waals surface area contributed by atoms with Gasteiger partial charge in [0.2, 0.25) is 11.8 Å². The predicted octanol–water partition coefficient (Wildman–Crippen LogP) is 3.50. The molecule has 1 N–H and O–H groups in total. The molecule has 2 amide bonds. The van der Waals surface area contributed by atoms with Gasteiger partial charge in [0.15, 0.2) is 0 Å². The van der Waals surface area contributed by atoms with E-state index in [1.54, 1.807) is 11.0 Å². The van der Waals surface area contributed by atoms with Crippen molar-refractivity contribution in [2.75, 3.05) is 13.1 Å². The molecule has 0 bridgehead atoms. The van der Waals surface area contributed by atoms with Crippen molar-refractivity contribution < 1.29 is 18.7 Å². The minimum Gasteiger partial charge on any atom is -0.487 e. The van der Waals surface area contributed by atoms with Crippen LogP contribution >= 0.6 is 0 Å². The van der Waals surface area contributed by atoms with Crippen LogP contribution in [0, 0.1) is 11.7 Å². The number of carbonyl (C=O) groups excluding carboxylic acids is 2. The molecular formula is C22H27FN2O3. The largest absolute Gasteiger partial charge is 0.487 e. The second kappa shape index (κ2) is 7.57. The van der Waals surface area contributed by atoms with Gasteiger partial charge >= 0.3 is 0 Å². The van der Waals surface area contributed by atoms with E-state index in [2.05, 4.69) is 11.9 Å². The summed E-state index contributed by atoms with van der Waals surface area (Å²) >= 11 is 0. The lowest BCUT2D eigenvalue weighted by Crippen LogP contribution is -2.47. The standard InChI is InChI=1S/C22H27FN2O3/c1-2-20(26)25-11-7-15(8-12-25)21(27)24-18-14-22(9-3-4-10-22)28-19-6-5-16(23)13-17(18)19/h2,5-6,13,15,18H,1,3-4,7-12,14H2,(H,24,27)/t18-/m1/s1. The fourth-order valence-corrected chi connectivity index (χ4v) is 4.88. The fraction of sp³-hybridized carbons (Fsp3) is 0.545. The van der Waals surface area contributed by atoms with Gasteiger partial charge in [-0.3, -0.25) is 9.59 Å². The number of benzene rings is 1. The summed E-state index contributed by atoms with van der Waals surface area (Å²) in [4.78, 5) is 26.4. The van der Waals surface area contributed by atoms with Crippen LogP contribution in [0.4, 0.5) is 4.39 Å². The first kappa shape index (κ1) is 19.0. The summed E-state index contributed by atoms with van der Waals surface area (Å²) in [6, 6.07) is 4.34. The Morgan fingerprint density at radius 2 is 1.96 bits per heavy atom. The van der Waals surface area contributed by atoms with E-state index in [1.165, 1.54) is 18.2 Å². The quantitative estimate of drug-likeness (QED) is 0.809. The molecule has 28 heavy (non-hydrogen) atoms. The maximum absolute atomic E-state index is 13.9. The van der Waals surface area contributed by atoms with Crippen molar-refractivity contribution in [3.05, 3.63) is 42.2 Å². The molecule has 1 saturated heterocycles. The monoisotopic (exact) mass is 386 g/mol. The van der Waals surface area contributed by atoms with Gasteiger partial charge in [-0.05, 0) is 62.8 Å². The van der Waals surface area contributed by atoms with Crippen LogP contribution in [0.25, 0.3) is 0 Å². The number of fused-ring (bicyclic) bond motifs is 1.